The van der Waals surface area contributed by atoms with Crippen molar-refractivity contribution in [2.75, 3.05) is 34.7 Å². The van der Waals surface area contributed by atoms with E-state index in [2.05, 4.69) is 5.32 Å². The number of carbonyl (C=O) groups excluding carboxylic acids is 1. The molecule has 4 N–H and O–H groups in total. The first-order valence-corrected chi connectivity index (χ1v) is 8.38. The fourth-order valence-electron chi connectivity index (χ4n) is 3.38. The summed E-state index contributed by atoms with van der Waals surface area (Å²) in [5.41, 5.74) is 8.19. The quantitative estimate of drug-likeness (QED) is 0.546. The number of benzene rings is 1. The number of urea groups is 1. The summed E-state index contributed by atoms with van der Waals surface area (Å²) in [5, 5.41) is 11.3. The summed E-state index contributed by atoms with van der Waals surface area (Å²) in [7, 11) is 7.27. The number of quaternary nitrogens is 1. The van der Waals surface area contributed by atoms with Crippen molar-refractivity contribution in [3.8, 4) is 0 Å². The Morgan fingerprint density at radius 1 is 1.27 bits per heavy atom. The van der Waals surface area contributed by atoms with Gasteiger partial charge in [-0.25, -0.2) is 9.28 Å². The van der Waals surface area contributed by atoms with Crippen molar-refractivity contribution in [1.29, 1.82) is 0 Å². The van der Waals surface area contributed by atoms with Crippen LogP contribution in [0.25, 0.3) is 5.57 Å². The Labute approximate surface area is 154 Å². The van der Waals surface area contributed by atoms with Crippen LogP contribution < -0.4 is 11.1 Å². The highest BCUT2D eigenvalue weighted by Crippen LogP contribution is 2.37. The number of hydrogen-bond donors (Lipinski definition) is 3. The van der Waals surface area contributed by atoms with E-state index in [0.717, 1.165) is 11.1 Å². The van der Waals surface area contributed by atoms with Gasteiger partial charge in [0.25, 0.3) is 0 Å². The fraction of sp³-hybridized carbons (Fsp3) is 0.368. The van der Waals surface area contributed by atoms with Gasteiger partial charge >= 0.3 is 12.0 Å². The Morgan fingerprint density at radius 3 is 2.38 bits per heavy atom. The molecule has 7 heteroatoms. The third kappa shape index (κ3) is 3.49. The van der Waals surface area contributed by atoms with Gasteiger partial charge < -0.3 is 10.8 Å². The topological polar surface area (TPSA) is 95.7 Å². The van der Waals surface area contributed by atoms with Gasteiger partial charge in [-0.05, 0) is 19.7 Å². The highest BCUT2D eigenvalue weighted by Gasteiger charge is 2.52. The minimum atomic E-state index is -1.08. The Morgan fingerprint density at radius 2 is 1.88 bits per heavy atom. The Bertz CT molecular complexity index is 753. The first-order chi connectivity index (χ1) is 12.1. The molecule has 7 nitrogen and oxygen atoms in total. The monoisotopic (exact) mass is 359 g/mol. The second kappa shape index (κ2) is 7.31. The Kier molecular flexibility index (Phi) is 5.53. The van der Waals surface area contributed by atoms with E-state index in [4.69, 9.17) is 10.8 Å². The maximum absolute atomic E-state index is 12.7. The third-order valence-electron chi connectivity index (χ3n) is 5.03. The van der Waals surface area contributed by atoms with Crippen LogP contribution in [-0.4, -0.2) is 66.9 Å². The molecule has 0 saturated carbocycles. The lowest BCUT2D eigenvalue weighted by Crippen LogP contribution is -2.70. The summed E-state index contributed by atoms with van der Waals surface area (Å²) in [6.45, 7) is -0.422. The highest BCUT2D eigenvalue weighted by molar-refractivity contribution is 5.80. The normalized spacial score (nSPS) is 20.3. The van der Waals surface area contributed by atoms with E-state index < -0.39 is 18.2 Å². The van der Waals surface area contributed by atoms with Crippen LogP contribution >= 0.6 is 0 Å². The zero-order chi connectivity index (χ0) is 19.5. The first kappa shape index (κ1) is 19.7. The van der Waals surface area contributed by atoms with Crippen LogP contribution in [0.2, 0.25) is 0 Å². The first-order valence-electron chi connectivity index (χ1n) is 8.38. The smallest absolute Gasteiger partial charge is 0.418 e. The van der Waals surface area contributed by atoms with Gasteiger partial charge in [0.05, 0.1) is 14.1 Å². The molecule has 2 rings (SSSR count). The molecule has 1 aliphatic rings. The molecule has 2 amide bonds. The highest BCUT2D eigenvalue weighted by atomic mass is 16.4. The zero-order valence-electron chi connectivity index (χ0n) is 15.7. The van der Waals surface area contributed by atoms with Gasteiger partial charge in [0, 0.05) is 23.8 Å². The van der Waals surface area contributed by atoms with Crippen molar-refractivity contribution < 1.29 is 19.2 Å². The van der Waals surface area contributed by atoms with Crippen LogP contribution in [0, 0.1) is 0 Å². The molecule has 1 unspecified atom stereocenters. The minimum absolute atomic E-state index is 0.105. The molecular weight excluding hydrogens is 332 g/mol. The molecule has 0 fully saturated rings. The second-order valence-electron chi connectivity index (χ2n) is 7.07. The van der Waals surface area contributed by atoms with Crippen LogP contribution in [0.3, 0.4) is 0 Å². The average Bonchev–Trinajstić information content (AvgIpc) is 2.59. The summed E-state index contributed by atoms with van der Waals surface area (Å²) >= 11 is 0. The number of hydrogen-bond acceptors (Lipinski definition) is 4. The van der Waals surface area contributed by atoms with Crippen molar-refractivity contribution in [1.82, 2.24) is 10.2 Å². The number of likely N-dealkylation sites (N-methyl/N-ethyl adjacent to an activating group) is 2. The molecule has 0 saturated heterocycles. The van der Waals surface area contributed by atoms with Crippen LogP contribution in [0.4, 0.5) is 4.79 Å². The van der Waals surface area contributed by atoms with Gasteiger partial charge in [0.15, 0.2) is 5.66 Å². The molecule has 0 radical (unpaired) electrons. The van der Waals surface area contributed by atoms with Crippen molar-refractivity contribution in [3.63, 3.8) is 0 Å². The van der Waals surface area contributed by atoms with Gasteiger partial charge in [-0.3, -0.25) is 15.0 Å². The van der Waals surface area contributed by atoms with E-state index in [0.29, 0.717) is 12.1 Å². The van der Waals surface area contributed by atoms with E-state index in [1.807, 2.05) is 61.5 Å². The third-order valence-corrected chi connectivity index (χ3v) is 5.03. The Hall–Kier alpha value is -2.64. The van der Waals surface area contributed by atoms with Crippen molar-refractivity contribution in [2.24, 2.45) is 5.73 Å². The molecule has 0 heterocycles. The lowest BCUT2D eigenvalue weighted by molar-refractivity contribution is -0.872. The largest absolute Gasteiger partial charge is 0.480 e. The van der Waals surface area contributed by atoms with E-state index in [9.17, 15) is 9.59 Å². The van der Waals surface area contributed by atoms with Crippen LogP contribution in [0.15, 0.2) is 48.2 Å². The summed E-state index contributed by atoms with van der Waals surface area (Å²) in [5.74, 6) is -1.08. The van der Waals surface area contributed by atoms with Crippen LogP contribution in [0.5, 0.6) is 0 Å². The number of aliphatic carboxylic acids is 1. The number of rotatable bonds is 5. The average molecular weight is 359 g/mol. The lowest BCUT2D eigenvalue weighted by atomic mass is 9.87. The number of carbonyl (C=O) groups is 2. The van der Waals surface area contributed by atoms with Crippen molar-refractivity contribution in [2.45, 2.75) is 12.1 Å². The summed E-state index contributed by atoms with van der Waals surface area (Å²) in [6, 6.07) is 9.46. The van der Waals surface area contributed by atoms with Gasteiger partial charge in [-0.1, -0.05) is 36.4 Å². The van der Waals surface area contributed by atoms with Crippen molar-refractivity contribution >= 4 is 17.6 Å². The van der Waals surface area contributed by atoms with Crippen LogP contribution in [-0.2, 0) is 4.79 Å². The van der Waals surface area contributed by atoms with E-state index in [-0.39, 0.29) is 10.5 Å². The number of nitrogens with two attached hydrogens (primary N) is 1. The maximum atomic E-state index is 12.7. The van der Waals surface area contributed by atoms with Gasteiger partial charge in [0.1, 0.15) is 6.54 Å². The van der Waals surface area contributed by atoms with Gasteiger partial charge in [-0.2, -0.15) is 0 Å². The summed E-state index contributed by atoms with van der Waals surface area (Å²) in [4.78, 5) is 25.5. The lowest BCUT2D eigenvalue weighted by Gasteiger charge is -2.49. The molecule has 0 bridgehead atoms. The molecule has 140 valence electrons. The predicted molar refractivity (Wildman–Crippen MR) is 101 cm³/mol. The molecule has 1 aromatic carbocycles. The number of allylic oxidation sites excluding steroid dienone is 1. The standard InChI is InChI=1S/C19H26N4O3/c1-22(2)19(23(3,4)18(26)21-13-17(24)25)11-10-15(16(20)12-19)14-8-6-5-7-9-14/h5-10,12H,11,13,20H2,1-4H3,(H-,21,24,25,26)/p+1. The minimum Gasteiger partial charge on any atom is -0.480 e. The number of carboxylic acid groups (broad SMARTS) is 1. The molecule has 1 aliphatic carbocycles. The number of nitrogens with one attached hydrogen (secondary N) is 1. The number of amides is 2. The summed E-state index contributed by atoms with van der Waals surface area (Å²) in [6.07, 6.45) is 4.49. The molecule has 0 aromatic heterocycles. The molecule has 0 aliphatic heterocycles. The zero-order valence-corrected chi connectivity index (χ0v) is 15.7. The maximum Gasteiger partial charge on any atom is 0.418 e. The summed E-state index contributed by atoms with van der Waals surface area (Å²) < 4.78 is -0.105. The van der Waals surface area contributed by atoms with E-state index in [1.54, 1.807) is 14.1 Å². The van der Waals surface area contributed by atoms with Gasteiger partial charge in [-0.15, -0.1) is 0 Å². The van der Waals surface area contributed by atoms with Gasteiger partial charge in [0.2, 0.25) is 0 Å². The molecule has 26 heavy (non-hydrogen) atoms. The number of carboxylic acids is 1. The predicted octanol–water partition coefficient (Wildman–Crippen LogP) is 1.44. The van der Waals surface area contributed by atoms with Crippen molar-refractivity contribution in [3.05, 3.63) is 53.7 Å². The molecular formula is C19H27N4O3+. The van der Waals surface area contributed by atoms with E-state index in [1.165, 1.54) is 0 Å². The second-order valence-corrected chi connectivity index (χ2v) is 7.07. The molecule has 1 atom stereocenters. The molecule has 0 spiro atoms. The fourth-order valence-corrected chi connectivity index (χ4v) is 3.38. The van der Waals surface area contributed by atoms with E-state index >= 15 is 0 Å². The molecule has 1 aromatic rings. The van der Waals surface area contributed by atoms with Crippen LogP contribution in [0.1, 0.15) is 12.0 Å². The SMILES string of the molecule is CN(C)C1([N+](C)(C)C(=O)NCC(=O)O)C=C(N)C(c2ccccc2)=CC1. The Balaban J connectivity index is 2.39. The number of nitrogens with zero attached hydrogens (tertiary/aromatic N) is 2.